The zero-order valence-corrected chi connectivity index (χ0v) is 18.0. The number of anilines is 1. The highest BCUT2D eigenvalue weighted by molar-refractivity contribution is 5.92. The maximum Gasteiger partial charge on any atom is 0.262 e. The molecule has 5 heteroatoms. The van der Waals surface area contributed by atoms with Gasteiger partial charge in [-0.1, -0.05) is 45.0 Å². The third-order valence-corrected chi connectivity index (χ3v) is 5.17. The SMILES string of the molecule is CCc1ccc(OCC(=O)Nc2cccc(-c3nc4cc(C(C)C)ccc4o3)c2)cc1. The van der Waals surface area contributed by atoms with Crippen molar-refractivity contribution in [3.05, 3.63) is 77.9 Å². The van der Waals surface area contributed by atoms with Gasteiger partial charge in [0.2, 0.25) is 5.89 Å². The minimum atomic E-state index is -0.226. The number of rotatable bonds is 7. The summed E-state index contributed by atoms with van der Waals surface area (Å²) in [5.74, 6) is 1.40. The number of aryl methyl sites for hydroxylation is 1. The Morgan fingerprint density at radius 1 is 1.06 bits per heavy atom. The smallest absolute Gasteiger partial charge is 0.262 e. The van der Waals surface area contributed by atoms with E-state index in [-0.39, 0.29) is 12.5 Å². The first-order valence-electron chi connectivity index (χ1n) is 10.5. The molecule has 0 spiro atoms. The van der Waals surface area contributed by atoms with E-state index in [4.69, 9.17) is 9.15 Å². The lowest BCUT2D eigenvalue weighted by Crippen LogP contribution is -2.20. The molecule has 0 radical (unpaired) electrons. The Bertz CT molecular complexity index is 1190. The Morgan fingerprint density at radius 2 is 1.87 bits per heavy atom. The number of ether oxygens (including phenoxy) is 1. The van der Waals surface area contributed by atoms with E-state index in [0.717, 1.165) is 23.1 Å². The van der Waals surface area contributed by atoms with Crippen LogP contribution in [-0.2, 0) is 11.2 Å². The summed E-state index contributed by atoms with van der Waals surface area (Å²) in [7, 11) is 0. The fraction of sp³-hybridized carbons (Fsp3) is 0.231. The predicted molar refractivity (Wildman–Crippen MR) is 123 cm³/mol. The molecule has 0 atom stereocenters. The van der Waals surface area contributed by atoms with Crippen molar-refractivity contribution in [1.29, 1.82) is 0 Å². The second kappa shape index (κ2) is 9.04. The number of hydrogen-bond acceptors (Lipinski definition) is 4. The number of hydrogen-bond donors (Lipinski definition) is 1. The molecule has 0 fully saturated rings. The van der Waals surface area contributed by atoms with Crippen LogP contribution >= 0.6 is 0 Å². The van der Waals surface area contributed by atoms with E-state index in [1.54, 1.807) is 0 Å². The highest BCUT2D eigenvalue weighted by Crippen LogP contribution is 2.28. The van der Waals surface area contributed by atoms with Crippen LogP contribution in [0.1, 0.15) is 37.8 Å². The van der Waals surface area contributed by atoms with E-state index >= 15 is 0 Å². The molecular formula is C26H26N2O3. The molecular weight excluding hydrogens is 388 g/mol. The average Bonchev–Trinajstić information content (AvgIpc) is 3.22. The van der Waals surface area contributed by atoms with Crippen LogP contribution in [0.25, 0.3) is 22.6 Å². The molecule has 0 aliphatic carbocycles. The second-order valence-electron chi connectivity index (χ2n) is 7.82. The third-order valence-electron chi connectivity index (χ3n) is 5.17. The third kappa shape index (κ3) is 4.94. The van der Waals surface area contributed by atoms with Crippen LogP contribution in [0.3, 0.4) is 0 Å². The normalized spacial score (nSPS) is 11.1. The summed E-state index contributed by atoms with van der Waals surface area (Å²) in [4.78, 5) is 17.0. The number of oxazole rings is 1. The molecule has 1 aromatic heterocycles. The summed E-state index contributed by atoms with van der Waals surface area (Å²) in [6, 6.07) is 21.3. The van der Waals surface area contributed by atoms with Crippen LogP contribution in [0.4, 0.5) is 5.69 Å². The van der Waals surface area contributed by atoms with E-state index in [1.807, 2.05) is 54.6 Å². The van der Waals surface area contributed by atoms with Crippen LogP contribution in [0.5, 0.6) is 5.75 Å². The Hall–Kier alpha value is -3.60. The largest absolute Gasteiger partial charge is 0.484 e. The molecule has 158 valence electrons. The van der Waals surface area contributed by atoms with Gasteiger partial charge in [0.05, 0.1) is 0 Å². The average molecular weight is 415 g/mol. The molecule has 0 unspecified atom stereocenters. The van der Waals surface area contributed by atoms with Crippen molar-refractivity contribution in [2.45, 2.75) is 33.1 Å². The molecule has 0 saturated heterocycles. The minimum Gasteiger partial charge on any atom is -0.484 e. The molecule has 1 amide bonds. The number of nitrogens with zero attached hydrogens (tertiary/aromatic N) is 1. The predicted octanol–water partition coefficient (Wildman–Crippen LogP) is 6.20. The van der Waals surface area contributed by atoms with Gasteiger partial charge in [-0.15, -0.1) is 0 Å². The number of fused-ring (bicyclic) bond motifs is 1. The molecule has 0 saturated carbocycles. The van der Waals surface area contributed by atoms with Gasteiger partial charge in [0.1, 0.15) is 11.3 Å². The highest BCUT2D eigenvalue weighted by Gasteiger charge is 2.11. The van der Waals surface area contributed by atoms with Gasteiger partial charge in [0.15, 0.2) is 12.2 Å². The second-order valence-corrected chi connectivity index (χ2v) is 7.82. The number of benzene rings is 3. The zero-order valence-electron chi connectivity index (χ0n) is 18.0. The van der Waals surface area contributed by atoms with Gasteiger partial charge < -0.3 is 14.5 Å². The molecule has 3 aromatic carbocycles. The molecule has 1 heterocycles. The Balaban J connectivity index is 1.44. The number of nitrogens with one attached hydrogen (secondary N) is 1. The van der Waals surface area contributed by atoms with E-state index in [0.29, 0.717) is 23.2 Å². The summed E-state index contributed by atoms with van der Waals surface area (Å²) in [6.07, 6.45) is 0.968. The molecule has 5 nitrogen and oxygen atoms in total. The van der Waals surface area contributed by atoms with E-state index in [2.05, 4.69) is 43.2 Å². The molecule has 0 aliphatic heterocycles. The van der Waals surface area contributed by atoms with Crippen molar-refractivity contribution in [2.75, 3.05) is 11.9 Å². The monoisotopic (exact) mass is 414 g/mol. The lowest BCUT2D eigenvalue weighted by atomic mass is 10.0. The van der Waals surface area contributed by atoms with Crippen molar-refractivity contribution in [2.24, 2.45) is 0 Å². The van der Waals surface area contributed by atoms with Crippen LogP contribution < -0.4 is 10.1 Å². The van der Waals surface area contributed by atoms with Crippen molar-refractivity contribution in [3.8, 4) is 17.2 Å². The van der Waals surface area contributed by atoms with Gasteiger partial charge >= 0.3 is 0 Å². The molecule has 4 aromatic rings. The first kappa shape index (κ1) is 20.7. The van der Waals surface area contributed by atoms with Gasteiger partial charge in [0.25, 0.3) is 5.91 Å². The quantitative estimate of drug-likeness (QED) is 0.391. The summed E-state index contributed by atoms with van der Waals surface area (Å²) in [5, 5.41) is 2.87. The van der Waals surface area contributed by atoms with E-state index in [9.17, 15) is 4.79 Å². The van der Waals surface area contributed by atoms with E-state index < -0.39 is 0 Å². The van der Waals surface area contributed by atoms with Crippen molar-refractivity contribution in [3.63, 3.8) is 0 Å². The molecule has 1 N–H and O–H groups in total. The summed E-state index contributed by atoms with van der Waals surface area (Å²) in [5.41, 5.74) is 5.49. The number of carbonyl (C=O) groups excluding carboxylic acids is 1. The van der Waals surface area contributed by atoms with Gasteiger partial charge in [-0.3, -0.25) is 4.79 Å². The van der Waals surface area contributed by atoms with Crippen molar-refractivity contribution < 1.29 is 13.9 Å². The van der Waals surface area contributed by atoms with Gasteiger partial charge in [-0.05, 0) is 65.9 Å². The number of aromatic nitrogens is 1. The summed E-state index contributed by atoms with van der Waals surface area (Å²) in [6.45, 7) is 6.34. The maximum atomic E-state index is 12.3. The Kier molecular flexibility index (Phi) is 6.03. The first-order valence-corrected chi connectivity index (χ1v) is 10.5. The number of amides is 1. The maximum absolute atomic E-state index is 12.3. The van der Waals surface area contributed by atoms with Crippen LogP contribution in [0, 0.1) is 0 Å². The number of carbonyl (C=O) groups is 1. The van der Waals surface area contributed by atoms with Crippen LogP contribution in [0.2, 0.25) is 0 Å². The fourth-order valence-electron chi connectivity index (χ4n) is 3.32. The van der Waals surface area contributed by atoms with Gasteiger partial charge in [0, 0.05) is 11.3 Å². The lowest BCUT2D eigenvalue weighted by molar-refractivity contribution is -0.118. The van der Waals surface area contributed by atoms with Gasteiger partial charge in [-0.25, -0.2) is 4.98 Å². The minimum absolute atomic E-state index is 0.0590. The van der Waals surface area contributed by atoms with Crippen LogP contribution in [-0.4, -0.2) is 17.5 Å². The summed E-state index contributed by atoms with van der Waals surface area (Å²) < 4.78 is 11.5. The van der Waals surface area contributed by atoms with Crippen molar-refractivity contribution in [1.82, 2.24) is 4.98 Å². The topological polar surface area (TPSA) is 64.4 Å². The zero-order chi connectivity index (χ0) is 21.8. The summed E-state index contributed by atoms with van der Waals surface area (Å²) >= 11 is 0. The highest BCUT2D eigenvalue weighted by atomic mass is 16.5. The molecule has 0 aliphatic rings. The molecule has 0 bridgehead atoms. The van der Waals surface area contributed by atoms with Crippen molar-refractivity contribution >= 4 is 22.7 Å². The fourth-order valence-corrected chi connectivity index (χ4v) is 3.32. The van der Waals surface area contributed by atoms with Gasteiger partial charge in [-0.2, -0.15) is 0 Å². The Morgan fingerprint density at radius 3 is 2.61 bits per heavy atom. The molecule has 4 rings (SSSR count). The first-order chi connectivity index (χ1) is 15.0. The standard InChI is InChI=1S/C26H26N2O3/c1-4-18-8-11-22(12-9-18)30-16-25(29)27-21-7-5-6-20(14-21)26-28-23-15-19(17(2)3)10-13-24(23)31-26/h5-15,17H,4,16H2,1-3H3,(H,27,29). The lowest BCUT2D eigenvalue weighted by Gasteiger charge is -2.08. The van der Waals surface area contributed by atoms with Crippen LogP contribution in [0.15, 0.2) is 71.1 Å². The Labute approximate surface area is 182 Å². The van der Waals surface area contributed by atoms with E-state index in [1.165, 1.54) is 11.1 Å². The molecule has 31 heavy (non-hydrogen) atoms.